The Kier molecular flexibility index (Phi) is 5.35. The summed E-state index contributed by atoms with van der Waals surface area (Å²) in [6.07, 6.45) is 5.93. The molecule has 1 aromatic heterocycles. The molecule has 5 nitrogen and oxygen atoms in total. The van der Waals surface area contributed by atoms with Crippen LogP contribution in [0.15, 0.2) is 30.6 Å². The molecule has 0 saturated carbocycles. The molecule has 1 N–H and O–H groups in total. The highest BCUT2D eigenvalue weighted by molar-refractivity contribution is 5.56. The Bertz CT molecular complexity index is 666. The van der Waals surface area contributed by atoms with Gasteiger partial charge in [-0.2, -0.15) is 0 Å². The Balaban J connectivity index is 1.67. The van der Waals surface area contributed by atoms with E-state index in [1.807, 2.05) is 6.20 Å². The monoisotopic (exact) mass is 333 g/mol. The molecule has 2 aromatic rings. The van der Waals surface area contributed by atoms with Crippen molar-refractivity contribution in [3.8, 4) is 5.75 Å². The number of ether oxygens (including phenoxy) is 2. The van der Waals surface area contributed by atoms with Gasteiger partial charge in [-0.3, -0.25) is 0 Å². The second-order valence-electron chi connectivity index (χ2n) is 6.28. The van der Waals surface area contributed by atoms with Crippen LogP contribution in [0, 0.1) is 5.82 Å². The van der Waals surface area contributed by atoms with Crippen LogP contribution in [0.5, 0.6) is 5.75 Å². The molecule has 0 bridgehead atoms. The third-order valence-electron chi connectivity index (χ3n) is 4.13. The van der Waals surface area contributed by atoms with Crippen LogP contribution < -0.4 is 10.1 Å². The zero-order valence-electron chi connectivity index (χ0n) is 14.2. The van der Waals surface area contributed by atoms with Crippen molar-refractivity contribution in [2.75, 3.05) is 18.5 Å². The van der Waals surface area contributed by atoms with Crippen molar-refractivity contribution >= 4 is 5.69 Å². The minimum absolute atomic E-state index is 0.128. The Hall–Kier alpha value is -2.08. The number of aromatic nitrogens is 2. The van der Waals surface area contributed by atoms with Gasteiger partial charge in [0.1, 0.15) is 24.0 Å². The first-order chi connectivity index (χ1) is 11.6. The summed E-state index contributed by atoms with van der Waals surface area (Å²) in [7, 11) is 0. The smallest absolute Gasteiger partial charge is 0.142 e. The van der Waals surface area contributed by atoms with Crippen LogP contribution in [-0.2, 0) is 11.3 Å². The predicted molar refractivity (Wildman–Crippen MR) is 90.8 cm³/mol. The Morgan fingerprint density at radius 2 is 2.33 bits per heavy atom. The molecule has 1 aliphatic heterocycles. The van der Waals surface area contributed by atoms with E-state index in [4.69, 9.17) is 9.47 Å². The van der Waals surface area contributed by atoms with Crippen molar-refractivity contribution in [1.29, 1.82) is 0 Å². The highest BCUT2D eigenvalue weighted by atomic mass is 19.1. The third kappa shape index (κ3) is 4.06. The number of rotatable bonds is 7. The van der Waals surface area contributed by atoms with E-state index < -0.39 is 0 Å². The summed E-state index contributed by atoms with van der Waals surface area (Å²) < 4.78 is 27.1. The number of benzene rings is 1. The van der Waals surface area contributed by atoms with Crippen molar-refractivity contribution in [2.45, 2.75) is 45.4 Å². The molecule has 24 heavy (non-hydrogen) atoms. The Labute approximate surface area is 141 Å². The highest BCUT2D eigenvalue weighted by Gasteiger charge is 2.17. The molecule has 0 spiro atoms. The second-order valence-corrected chi connectivity index (χ2v) is 6.28. The van der Waals surface area contributed by atoms with Gasteiger partial charge in [-0.1, -0.05) is 0 Å². The van der Waals surface area contributed by atoms with Gasteiger partial charge in [-0.05, 0) is 38.8 Å². The number of anilines is 1. The van der Waals surface area contributed by atoms with Crippen LogP contribution in [0.3, 0.4) is 0 Å². The van der Waals surface area contributed by atoms with E-state index in [9.17, 15) is 4.39 Å². The van der Waals surface area contributed by atoms with Gasteiger partial charge in [0.05, 0.1) is 18.3 Å². The van der Waals surface area contributed by atoms with Crippen LogP contribution in [0.2, 0.25) is 0 Å². The molecule has 1 aliphatic rings. The normalized spacial score (nSPS) is 17.4. The van der Waals surface area contributed by atoms with Crippen molar-refractivity contribution in [2.24, 2.45) is 0 Å². The second kappa shape index (κ2) is 7.66. The van der Waals surface area contributed by atoms with Gasteiger partial charge in [0.2, 0.25) is 0 Å². The minimum atomic E-state index is -0.297. The quantitative estimate of drug-likeness (QED) is 0.838. The molecule has 0 radical (unpaired) electrons. The maximum Gasteiger partial charge on any atom is 0.142 e. The lowest BCUT2D eigenvalue weighted by Gasteiger charge is -2.17. The molecule has 0 amide bonds. The van der Waals surface area contributed by atoms with Crippen LogP contribution in [0.4, 0.5) is 10.1 Å². The minimum Gasteiger partial charge on any atom is -0.489 e. The van der Waals surface area contributed by atoms with Gasteiger partial charge in [0, 0.05) is 31.1 Å². The van der Waals surface area contributed by atoms with Crippen molar-refractivity contribution in [3.05, 3.63) is 42.2 Å². The average molecular weight is 333 g/mol. The standard InChI is InChI=1S/C18H24FN3O2/c1-13(2)22-8-7-20-18(22)11-21-16-10-14(19)5-6-17(16)24-12-15-4-3-9-23-15/h5-8,10,13,15,21H,3-4,9,11-12H2,1-2H3. The molecule has 2 heterocycles. The van der Waals surface area contributed by atoms with E-state index in [-0.39, 0.29) is 11.9 Å². The molecular weight excluding hydrogens is 309 g/mol. The first kappa shape index (κ1) is 16.8. The molecule has 1 aromatic carbocycles. The van der Waals surface area contributed by atoms with E-state index in [0.29, 0.717) is 30.6 Å². The molecule has 130 valence electrons. The number of halogens is 1. The fourth-order valence-corrected chi connectivity index (χ4v) is 2.85. The SMILES string of the molecule is CC(C)n1ccnc1CNc1cc(F)ccc1OCC1CCCO1. The van der Waals surface area contributed by atoms with Crippen LogP contribution >= 0.6 is 0 Å². The summed E-state index contributed by atoms with van der Waals surface area (Å²) in [5.41, 5.74) is 0.631. The van der Waals surface area contributed by atoms with Gasteiger partial charge in [0.15, 0.2) is 0 Å². The van der Waals surface area contributed by atoms with Crippen LogP contribution in [-0.4, -0.2) is 28.9 Å². The first-order valence-electron chi connectivity index (χ1n) is 8.43. The molecule has 6 heteroatoms. The first-order valence-corrected chi connectivity index (χ1v) is 8.43. The lowest BCUT2D eigenvalue weighted by molar-refractivity contribution is 0.0682. The zero-order valence-corrected chi connectivity index (χ0v) is 14.2. The largest absolute Gasteiger partial charge is 0.489 e. The van der Waals surface area contributed by atoms with E-state index in [1.165, 1.54) is 12.1 Å². The van der Waals surface area contributed by atoms with Gasteiger partial charge < -0.3 is 19.4 Å². The van der Waals surface area contributed by atoms with Crippen LogP contribution in [0.25, 0.3) is 0 Å². The number of hydrogen-bond donors (Lipinski definition) is 1. The summed E-state index contributed by atoms with van der Waals surface area (Å²) >= 11 is 0. The van der Waals surface area contributed by atoms with E-state index in [2.05, 4.69) is 28.7 Å². The highest BCUT2D eigenvalue weighted by Crippen LogP contribution is 2.27. The van der Waals surface area contributed by atoms with Gasteiger partial charge in [0.25, 0.3) is 0 Å². The van der Waals surface area contributed by atoms with Gasteiger partial charge in [-0.25, -0.2) is 9.37 Å². The average Bonchev–Trinajstić information content (AvgIpc) is 3.23. The fourth-order valence-electron chi connectivity index (χ4n) is 2.85. The lowest BCUT2D eigenvalue weighted by Crippen LogP contribution is -2.17. The van der Waals surface area contributed by atoms with Crippen LogP contribution in [0.1, 0.15) is 38.6 Å². The molecule has 1 fully saturated rings. The zero-order chi connectivity index (χ0) is 16.9. The number of nitrogens with one attached hydrogen (secondary N) is 1. The Morgan fingerprint density at radius 3 is 3.08 bits per heavy atom. The summed E-state index contributed by atoms with van der Waals surface area (Å²) in [4.78, 5) is 4.36. The number of nitrogens with zero attached hydrogens (tertiary/aromatic N) is 2. The Morgan fingerprint density at radius 1 is 1.46 bits per heavy atom. The van der Waals surface area contributed by atoms with Crippen molar-refractivity contribution in [1.82, 2.24) is 9.55 Å². The van der Waals surface area contributed by atoms with Gasteiger partial charge in [-0.15, -0.1) is 0 Å². The summed E-state index contributed by atoms with van der Waals surface area (Å²) in [6.45, 7) is 5.99. The molecule has 3 rings (SSSR count). The molecule has 1 atom stereocenters. The molecular formula is C18H24FN3O2. The summed E-state index contributed by atoms with van der Waals surface area (Å²) in [5, 5.41) is 3.24. The molecule has 1 saturated heterocycles. The molecule has 0 aliphatic carbocycles. The number of hydrogen-bond acceptors (Lipinski definition) is 4. The fraction of sp³-hybridized carbons (Fsp3) is 0.500. The topological polar surface area (TPSA) is 48.3 Å². The lowest BCUT2D eigenvalue weighted by atomic mass is 10.2. The summed E-state index contributed by atoms with van der Waals surface area (Å²) in [5.74, 6) is 1.24. The maximum absolute atomic E-state index is 13.6. The third-order valence-corrected chi connectivity index (χ3v) is 4.13. The van der Waals surface area contributed by atoms with E-state index in [0.717, 1.165) is 25.3 Å². The summed E-state index contributed by atoms with van der Waals surface area (Å²) in [6, 6.07) is 4.84. The van der Waals surface area contributed by atoms with Crippen molar-refractivity contribution in [3.63, 3.8) is 0 Å². The van der Waals surface area contributed by atoms with Gasteiger partial charge >= 0.3 is 0 Å². The number of imidazole rings is 1. The van der Waals surface area contributed by atoms with E-state index >= 15 is 0 Å². The maximum atomic E-state index is 13.6. The van der Waals surface area contributed by atoms with Crippen molar-refractivity contribution < 1.29 is 13.9 Å². The van der Waals surface area contributed by atoms with E-state index in [1.54, 1.807) is 12.3 Å². The predicted octanol–water partition coefficient (Wildman–Crippen LogP) is 3.77. The molecule has 1 unspecified atom stereocenters.